The highest BCUT2D eigenvalue weighted by atomic mass is 19.1. The third kappa shape index (κ3) is 1.68. The van der Waals surface area contributed by atoms with Gasteiger partial charge in [-0.2, -0.15) is 14.7 Å². The fourth-order valence-electron chi connectivity index (χ4n) is 2.67. The number of hydrogen-bond acceptors (Lipinski definition) is 5. The zero-order valence-corrected chi connectivity index (χ0v) is 10.3. The highest BCUT2D eigenvalue weighted by Gasteiger charge is 2.29. The van der Waals surface area contributed by atoms with Crippen LogP contribution >= 0.6 is 0 Å². The minimum atomic E-state index is -0.459. The molecular formula is C12H10FN7. The number of nitrogens with zero attached hydrogens (tertiary/aromatic N) is 5. The van der Waals surface area contributed by atoms with Gasteiger partial charge >= 0.3 is 0 Å². The van der Waals surface area contributed by atoms with Crippen molar-refractivity contribution >= 4 is 0 Å². The molecule has 0 aliphatic heterocycles. The third-order valence-electron chi connectivity index (χ3n) is 3.63. The number of halogens is 1. The lowest BCUT2D eigenvalue weighted by molar-refractivity contribution is 0.579. The molecule has 3 aromatic rings. The molecule has 0 fully saturated rings. The summed E-state index contributed by atoms with van der Waals surface area (Å²) in [4.78, 5) is 3.71. The lowest BCUT2D eigenvalue weighted by Gasteiger charge is -2.08. The van der Waals surface area contributed by atoms with Gasteiger partial charge in [0.25, 0.3) is 0 Å². The second kappa shape index (κ2) is 4.19. The first-order valence-corrected chi connectivity index (χ1v) is 6.22. The number of nitrogens with one attached hydrogen (secondary N) is 2. The van der Waals surface area contributed by atoms with Crippen molar-refractivity contribution in [2.45, 2.75) is 18.8 Å². The van der Waals surface area contributed by atoms with Crippen molar-refractivity contribution < 1.29 is 4.39 Å². The molecule has 100 valence electrons. The molecule has 7 nitrogen and oxygen atoms in total. The van der Waals surface area contributed by atoms with Gasteiger partial charge in [-0.05, 0) is 35.6 Å². The first kappa shape index (κ1) is 11.2. The van der Waals surface area contributed by atoms with E-state index in [9.17, 15) is 4.39 Å². The van der Waals surface area contributed by atoms with E-state index in [0.717, 1.165) is 35.4 Å². The maximum Gasteiger partial charge on any atom is 0.225 e. The number of pyridine rings is 1. The van der Waals surface area contributed by atoms with Gasteiger partial charge in [-0.15, -0.1) is 10.2 Å². The van der Waals surface area contributed by atoms with E-state index in [1.54, 1.807) is 12.3 Å². The van der Waals surface area contributed by atoms with E-state index in [0.29, 0.717) is 5.82 Å². The van der Waals surface area contributed by atoms with Gasteiger partial charge in [0.2, 0.25) is 11.8 Å². The second-order valence-electron chi connectivity index (χ2n) is 4.78. The van der Waals surface area contributed by atoms with Crippen LogP contribution in [0.3, 0.4) is 0 Å². The second-order valence-corrected chi connectivity index (χ2v) is 4.78. The first-order valence-electron chi connectivity index (χ1n) is 6.22. The molecule has 4 rings (SSSR count). The average molecular weight is 271 g/mol. The zero-order valence-electron chi connectivity index (χ0n) is 10.3. The molecule has 0 saturated carbocycles. The number of fused-ring (bicyclic) bond motifs is 1. The predicted octanol–water partition coefficient (Wildman–Crippen LogP) is 1.01. The van der Waals surface area contributed by atoms with Gasteiger partial charge in [-0.3, -0.25) is 5.10 Å². The molecule has 1 aliphatic rings. The van der Waals surface area contributed by atoms with E-state index in [4.69, 9.17) is 0 Å². The summed E-state index contributed by atoms with van der Waals surface area (Å²) < 4.78 is 12.9. The van der Waals surface area contributed by atoms with Crippen LogP contribution in [0.15, 0.2) is 18.3 Å². The van der Waals surface area contributed by atoms with Crippen LogP contribution < -0.4 is 0 Å². The molecule has 1 unspecified atom stereocenters. The number of tetrazole rings is 1. The summed E-state index contributed by atoms with van der Waals surface area (Å²) in [6.45, 7) is 0. The summed E-state index contributed by atoms with van der Waals surface area (Å²) in [6.07, 6.45) is 3.23. The van der Waals surface area contributed by atoms with Gasteiger partial charge in [0.05, 0.1) is 0 Å². The van der Waals surface area contributed by atoms with Crippen molar-refractivity contribution in [2.75, 3.05) is 0 Å². The molecule has 0 saturated heterocycles. The van der Waals surface area contributed by atoms with Crippen molar-refractivity contribution in [1.82, 2.24) is 35.8 Å². The van der Waals surface area contributed by atoms with Crippen LogP contribution in [0, 0.1) is 5.95 Å². The summed E-state index contributed by atoms with van der Waals surface area (Å²) in [5.74, 6) is 0.304. The van der Waals surface area contributed by atoms with Gasteiger partial charge in [-0.25, -0.2) is 4.98 Å². The fraction of sp³-hybridized carbons (Fsp3) is 0.250. The van der Waals surface area contributed by atoms with Gasteiger partial charge in [0.15, 0.2) is 0 Å². The van der Waals surface area contributed by atoms with E-state index in [-0.39, 0.29) is 5.92 Å². The Hall–Kier alpha value is -2.64. The van der Waals surface area contributed by atoms with Crippen molar-refractivity contribution in [1.29, 1.82) is 0 Å². The largest absolute Gasteiger partial charge is 0.282 e. The Morgan fingerprint density at radius 1 is 1.20 bits per heavy atom. The summed E-state index contributed by atoms with van der Waals surface area (Å²) in [7, 11) is 0. The Morgan fingerprint density at radius 3 is 2.90 bits per heavy atom. The Labute approximate surface area is 112 Å². The predicted molar refractivity (Wildman–Crippen MR) is 66.1 cm³/mol. The van der Waals surface area contributed by atoms with Crippen LogP contribution in [0.1, 0.15) is 22.7 Å². The molecule has 0 bridgehead atoms. The maximum absolute atomic E-state index is 12.9. The summed E-state index contributed by atoms with van der Waals surface area (Å²) in [5.41, 5.74) is 3.92. The van der Waals surface area contributed by atoms with E-state index in [1.807, 2.05) is 0 Å². The molecule has 8 heteroatoms. The van der Waals surface area contributed by atoms with Crippen LogP contribution in [0.5, 0.6) is 0 Å². The van der Waals surface area contributed by atoms with Crippen LogP contribution in [0.2, 0.25) is 0 Å². The van der Waals surface area contributed by atoms with Crippen LogP contribution in [-0.4, -0.2) is 35.8 Å². The SMILES string of the molecule is Fc1ccc(C2Cc3[nH]nc(-c4nn[nH]n4)c3C2)cn1. The van der Waals surface area contributed by atoms with Crippen LogP contribution in [-0.2, 0) is 12.8 Å². The molecule has 2 N–H and O–H groups in total. The highest BCUT2D eigenvalue weighted by Crippen LogP contribution is 2.36. The number of H-pyrrole nitrogens is 2. The van der Waals surface area contributed by atoms with Crippen molar-refractivity contribution in [3.05, 3.63) is 41.1 Å². The molecule has 1 atom stereocenters. The normalized spacial score (nSPS) is 17.4. The van der Waals surface area contributed by atoms with E-state index >= 15 is 0 Å². The molecular weight excluding hydrogens is 261 g/mol. The zero-order chi connectivity index (χ0) is 13.5. The Kier molecular flexibility index (Phi) is 2.35. The van der Waals surface area contributed by atoms with Gasteiger partial charge in [0.1, 0.15) is 5.69 Å². The van der Waals surface area contributed by atoms with Gasteiger partial charge in [-0.1, -0.05) is 6.07 Å². The summed E-state index contributed by atoms with van der Waals surface area (Å²) >= 11 is 0. The van der Waals surface area contributed by atoms with Crippen LogP contribution in [0.4, 0.5) is 4.39 Å². The summed E-state index contributed by atoms with van der Waals surface area (Å²) in [5, 5.41) is 21.1. The highest BCUT2D eigenvalue weighted by molar-refractivity contribution is 5.57. The lowest BCUT2D eigenvalue weighted by Crippen LogP contribution is -2.01. The molecule has 1 aliphatic carbocycles. The molecule has 3 aromatic heterocycles. The number of aromatic nitrogens is 7. The summed E-state index contributed by atoms with van der Waals surface area (Å²) in [6, 6.07) is 3.17. The van der Waals surface area contributed by atoms with Crippen LogP contribution in [0.25, 0.3) is 11.5 Å². The first-order chi connectivity index (χ1) is 9.81. The smallest absolute Gasteiger partial charge is 0.225 e. The molecule has 0 aromatic carbocycles. The Bertz CT molecular complexity index is 732. The number of rotatable bonds is 2. The monoisotopic (exact) mass is 271 g/mol. The molecule has 0 amide bonds. The quantitative estimate of drug-likeness (QED) is 0.678. The molecule has 0 spiro atoms. The molecule has 20 heavy (non-hydrogen) atoms. The van der Waals surface area contributed by atoms with Crippen molar-refractivity contribution in [3.63, 3.8) is 0 Å². The average Bonchev–Trinajstić information content (AvgIpc) is 3.15. The Morgan fingerprint density at radius 2 is 2.15 bits per heavy atom. The van der Waals surface area contributed by atoms with E-state index in [1.165, 1.54) is 6.07 Å². The van der Waals surface area contributed by atoms with Crippen molar-refractivity contribution in [3.8, 4) is 11.5 Å². The number of hydrogen-bond donors (Lipinski definition) is 2. The van der Waals surface area contributed by atoms with Gasteiger partial charge < -0.3 is 0 Å². The lowest BCUT2D eigenvalue weighted by atomic mass is 9.98. The maximum atomic E-state index is 12.9. The van der Waals surface area contributed by atoms with Gasteiger partial charge in [0, 0.05) is 17.5 Å². The molecule has 3 heterocycles. The van der Waals surface area contributed by atoms with E-state index in [2.05, 4.69) is 35.8 Å². The Balaban J connectivity index is 1.66. The molecule has 0 radical (unpaired) electrons. The minimum Gasteiger partial charge on any atom is -0.282 e. The fourth-order valence-corrected chi connectivity index (χ4v) is 2.67. The third-order valence-corrected chi connectivity index (χ3v) is 3.63. The standard InChI is InChI=1S/C12H10FN7/c13-10-2-1-6(5-14-10)7-3-8-9(4-7)15-16-11(8)12-17-19-20-18-12/h1-2,5,7H,3-4H2,(H,15,16)(H,17,18,19,20). The topological polar surface area (TPSA) is 96.0 Å². The van der Waals surface area contributed by atoms with Crippen molar-refractivity contribution in [2.24, 2.45) is 0 Å². The minimum absolute atomic E-state index is 0.276. The van der Waals surface area contributed by atoms with E-state index < -0.39 is 5.95 Å². The number of aromatic amines is 2.